The van der Waals surface area contributed by atoms with E-state index in [2.05, 4.69) is 114 Å². The van der Waals surface area contributed by atoms with Crippen molar-refractivity contribution >= 4 is 64.0 Å². The van der Waals surface area contributed by atoms with Gasteiger partial charge in [-0.2, -0.15) is 0 Å². The second-order valence-electron chi connectivity index (χ2n) is 12.3. The summed E-state index contributed by atoms with van der Waals surface area (Å²) in [5.74, 6) is 0.763. The maximum absolute atomic E-state index is 14.2. The zero-order valence-corrected chi connectivity index (χ0v) is 26.2. The molecule has 9 aromatic rings. The van der Waals surface area contributed by atoms with Gasteiger partial charge in [-0.1, -0.05) is 109 Å². The van der Waals surface area contributed by atoms with E-state index in [-0.39, 0.29) is 0 Å². The molecule has 1 aliphatic heterocycles. The first kappa shape index (κ1) is 26.4. The molecule has 0 aliphatic carbocycles. The Bertz CT molecular complexity index is 2880. The van der Waals surface area contributed by atoms with Gasteiger partial charge in [-0.3, -0.25) is 4.57 Å². The van der Waals surface area contributed by atoms with Crippen molar-refractivity contribution in [1.82, 2.24) is 9.55 Å². The van der Waals surface area contributed by atoms with E-state index in [9.17, 15) is 8.42 Å². The van der Waals surface area contributed by atoms with Gasteiger partial charge in [0.15, 0.2) is 0 Å². The number of hydrogen-bond acceptors (Lipinski definition) is 3. The first-order valence-corrected chi connectivity index (χ1v) is 17.2. The van der Waals surface area contributed by atoms with Crippen molar-refractivity contribution in [3.63, 3.8) is 0 Å². The fraction of sp³-hybridized carbons (Fsp3) is 0.0238. The van der Waals surface area contributed by atoms with E-state index >= 15 is 0 Å². The number of nitrogens with zero attached hydrogens (tertiary/aromatic N) is 2. The minimum atomic E-state index is -3.79. The Balaban J connectivity index is 1.31. The topological polar surface area (TPSA) is 52.0 Å². The third-order valence-electron chi connectivity index (χ3n) is 9.84. The summed E-state index contributed by atoms with van der Waals surface area (Å²) in [5.41, 5.74) is 6.22. The number of fused-ring (bicyclic) bond motifs is 7. The van der Waals surface area contributed by atoms with Crippen LogP contribution in [0.4, 0.5) is 0 Å². The number of aromatic nitrogens is 2. The molecule has 2 heterocycles. The molecule has 222 valence electrons. The van der Waals surface area contributed by atoms with Crippen molar-refractivity contribution in [2.45, 2.75) is 16.7 Å². The average molecular weight is 623 g/mol. The lowest BCUT2D eigenvalue weighted by Gasteiger charge is -2.23. The Kier molecular flexibility index (Phi) is 5.28. The smallest absolute Gasteiger partial charge is 0.210 e. The van der Waals surface area contributed by atoms with E-state index < -0.39 is 9.84 Å². The van der Waals surface area contributed by atoms with Crippen molar-refractivity contribution in [3.8, 4) is 27.9 Å². The van der Waals surface area contributed by atoms with Crippen LogP contribution < -0.4 is 0 Å². The van der Waals surface area contributed by atoms with Crippen molar-refractivity contribution < 1.29 is 8.42 Å². The largest absolute Gasteiger partial charge is 0.294 e. The lowest BCUT2D eigenvalue weighted by molar-refractivity contribution is 0.594. The third-order valence-corrected chi connectivity index (χ3v) is 11.7. The molecular weight excluding hydrogens is 597 g/mol. The highest BCUT2D eigenvalue weighted by Crippen LogP contribution is 2.48. The monoisotopic (exact) mass is 622 g/mol. The van der Waals surface area contributed by atoms with Crippen molar-refractivity contribution in [2.75, 3.05) is 0 Å². The fourth-order valence-corrected chi connectivity index (χ4v) is 9.56. The molecule has 0 amide bonds. The van der Waals surface area contributed by atoms with E-state index in [0.29, 0.717) is 26.5 Å². The molecule has 10 rings (SSSR count). The van der Waals surface area contributed by atoms with Gasteiger partial charge in [-0.05, 0) is 103 Å². The van der Waals surface area contributed by atoms with Crippen LogP contribution in [0.2, 0.25) is 0 Å². The summed E-state index contributed by atoms with van der Waals surface area (Å²) in [6, 6.07) is 47.8. The van der Waals surface area contributed by atoms with Gasteiger partial charge in [0.1, 0.15) is 5.82 Å². The summed E-state index contributed by atoms with van der Waals surface area (Å²) in [5, 5.41) is 9.26. The normalized spacial score (nSPS) is 13.6. The van der Waals surface area contributed by atoms with Crippen LogP contribution in [0.5, 0.6) is 0 Å². The molecule has 47 heavy (non-hydrogen) atoms. The van der Waals surface area contributed by atoms with Gasteiger partial charge >= 0.3 is 0 Å². The summed E-state index contributed by atoms with van der Waals surface area (Å²) in [6.45, 7) is 1.93. The van der Waals surface area contributed by atoms with E-state index in [4.69, 9.17) is 0 Å². The average Bonchev–Trinajstić information content (AvgIpc) is 3.45. The summed E-state index contributed by atoms with van der Waals surface area (Å²) in [6.07, 6.45) is 0. The van der Waals surface area contributed by atoms with E-state index in [1.54, 1.807) is 12.1 Å². The van der Waals surface area contributed by atoms with Gasteiger partial charge in [-0.25, -0.2) is 13.4 Å². The van der Waals surface area contributed by atoms with Crippen molar-refractivity contribution in [3.05, 3.63) is 145 Å². The lowest BCUT2D eigenvalue weighted by atomic mass is 9.84. The Morgan fingerprint density at radius 3 is 1.83 bits per heavy atom. The second-order valence-corrected chi connectivity index (χ2v) is 14.2. The molecule has 0 atom stereocenters. The van der Waals surface area contributed by atoms with E-state index in [1.165, 1.54) is 32.7 Å². The number of sulfone groups is 1. The van der Waals surface area contributed by atoms with Gasteiger partial charge in [0.05, 0.1) is 26.5 Å². The maximum atomic E-state index is 14.2. The maximum Gasteiger partial charge on any atom is 0.210 e. The zero-order valence-electron chi connectivity index (χ0n) is 25.4. The van der Waals surface area contributed by atoms with Gasteiger partial charge in [0.2, 0.25) is 9.84 Å². The lowest BCUT2D eigenvalue weighted by Crippen LogP contribution is -2.15. The number of imidazole rings is 1. The van der Waals surface area contributed by atoms with E-state index in [1.807, 2.05) is 29.7 Å². The van der Waals surface area contributed by atoms with Crippen LogP contribution >= 0.6 is 0 Å². The molecule has 0 bridgehead atoms. The molecule has 5 heteroatoms. The second kappa shape index (κ2) is 9.38. The molecule has 4 nitrogen and oxygen atoms in total. The zero-order chi connectivity index (χ0) is 31.4. The van der Waals surface area contributed by atoms with Gasteiger partial charge in [0, 0.05) is 0 Å². The summed E-state index contributed by atoms with van der Waals surface area (Å²) in [7, 11) is -3.79. The molecule has 0 fully saturated rings. The fourth-order valence-electron chi connectivity index (χ4n) is 7.90. The minimum Gasteiger partial charge on any atom is -0.294 e. The molecule has 0 saturated heterocycles. The van der Waals surface area contributed by atoms with Crippen LogP contribution in [0, 0.1) is 6.92 Å². The summed E-state index contributed by atoms with van der Waals surface area (Å²) >= 11 is 0. The van der Waals surface area contributed by atoms with Gasteiger partial charge in [0.25, 0.3) is 0 Å². The number of para-hydroxylation sites is 1. The van der Waals surface area contributed by atoms with Crippen LogP contribution in [0.3, 0.4) is 0 Å². The first-order valence-electron chi connectivity index (χ1n) is 15.7. The van der Waals surface area contributed by atoms with Crippen LogP contribution in [0.25, 0.3) is 82.1 Å². The van der Waals surface area contributed by atoms with Crippen LogP contribution in [-0.2, 0) is 9.84 Å². The SMILES string of the molecule is Cc1nc2cccc3c2n1-c1ccc(-c2c4ccccc4c(-c4cc5ccccc5c5ccccc45)c4ccccc24)cc1S3(=O)=O. The van der Waals surface area contributed by atoms with Crippen molar-refractivity contribution in [1.29, 1.82) is 0 Å². The molecule has 0 saturated carbocycles. The number of benzene rings is 8. The minimum absolute atomic E-state index is 0.300. The Hall–Kier alpha value is -5.78. The molecule has 0 radical (unpaired) electrons. The molecule has 1 aliphatic rings. The first-order chi connectivity index (χ1) is 23.0. The Morgan fingerprint density at radius 1 is 0.532 bits per heavy atom. The third kappa shape index (κ3) is 3.52. The standard InChI is InChI=1S/C42H26N2O2S/c1-25-43-36-19-10-20-38-42(36)44(25)37-22-21-27(24-39(37)47(38,45)46)40-31-15-6-8-17-33(31)41(34-18-9-7-16-32(34)40)35-23-26-11-2-3-12-28(26)29-13-4-5-14-30(29)35/h2-24H,1H3. The molecule has 0 spiro atoms. The van der Waals surface area contributed by atoms with E-state index in [0.717, 1.165) is 38.5 Å². The highest BCUT2D eigenvalue weighted by atomic mass is 32.2. The molecule has 0 unspecified atom stereocenters. The van der Waals surface area contributed by atoms with Crippen LogP contribution in [0.15, 0.2) is 149 Å². The Labute approximate surface area is 271 Å². The highest BCUT2D eigenvalue weighted by molar-refractivity contribution is 7.92. The quantitative estimate of drug-likeness (QED) is 0.142. The van der Waals surface area contributed by atoms with Gasteiger partial charge in [-0.15, -0.1) is 0 Å². The predicted octanol–water partition coefficient (Wildman–Crippen LogP) is 10.4. The molecule has 8 aromatic carbocycles. The van der Waals surface area contributed by atoms with Gasteiger partial charge < -0.3 is 0 Å². The highest BCUT2D eigenvalue weighted by Gasteiger charge is 2.33. The molecule has 0 N–H and O–H groups in total. The number of hydrogen-bond donors (Lipinski definition) is 0. The number of rotatable bonds is 2. The van der Waals surface area contributed by atoms with Crippen LogP contribution in [0.1, 0.15) is 5.82 Å². The van der Waals surface area contributed by atoms with Crippen molar-refractivity contribution in [2.24, 2.45) is 0 Å². The predicted molar refractivity (Wildman–Crippen MR) is 192 cm³/mol. The Morgan fingerprint density at radius 2 is 1.13 bits per heavy atom. The van der Waals surface area contributed by atoms with Crippen LogP contribution in [-0.4, -0.2) is 18.0 Å². The molecule has 1 aromatic heterocycles. The summed E-state index contributed by atoms with van der Waals surface area (Å²) in [4.78, 5) is 5.29. The molecular formula is C42H26N2O2S. The number of aryl methyl sites for hydroxylation is 1. The summed E-state index contributed by atoms with van der Waals surface area (Å²) < 4.78 is 30.4.